The van der Waals surface area contributed by atoms with E-state index in [4.69, 9.17) is 5.11 Å². The van der Waals surface area contributed by atoms with Crippen LogP contribution < -0.4 is 51.4 Å². The summed E-state index contributed by atoms with van der Waals surface area (Å²) >= 11 is 0. The van der Waals surface area contributed by atoms with E-state index in [0.717, 1.165) is 6.08 Å². The van der Waals surface area contributed by atoms with Gasteiger partial charge in [0.05, 0.1) is 0 Å². The Morgan fingerprint density at radius 1 is 1.86 bits per heavy atom. The number of rotatable bonds is 1. The minimum Gasteiger partial charge on any atom is -1.00 e. The van der Waals surface area contributed by atoms with Crippen LogP contribution in [0.1, 0.15) is 8.35 Å². The molecule has 0 spiro atoms. The Morgan fingerprint density at radius 2 is 2.29 bits per heavy atom. The fourth-order valence-corrected chi connectivity index (χ4v) is 0.143. The first-order chi connectivity index (χ1) is 2.77. The second-order valence-electron chi connectivity index (χ2n) is 0.838. The molecule has 1 N–H and O–H groups in total. The molecule has 0 aromatic rings. The first-order valence-corrected chi connectivity index (χ1v) is 1.63. The van der Waals surface area contributed by atoms with E-state index < -0.39 is 5.97 Å². The number of hydrogen-bond acceptors (Lipinski definition) is 1. The maximum atomic E-state index is 9.51. The summed E-state index contributed by atoms with van der Waals surface area (Å²) in [5.74, 6) is -0.891. The van der Waals surface area contributed by atoms with Gasteiger partial charge in [-0.15, -0.1) is 0 Å². The van der Waals surface area contributed by atoms with Crippen LogP contribution in [0, 0.1) is 0 Å². The van der Waals surface area contributed by atoms with Crippen LogP contribution in [-0.4, -0.2) is 11.1 Å². The fourth-order valence-electron chi connectivity index (χ4n) is 0.143. The van der Waals surface area contributed by atoms with Crippen LogP contribution in [0.3, 0.4) is 0 Å². The molecule has 0 heterocycles. The predicted molar refractivity (Wildman–Crippen MR) is 23.6 cm³/mol. The zero-order valence-corrected chi connectivity index (χ0v) is 7.63. The van der Waals surface area contributed by atoms with Crippen molar-refractivity contribution < 1.29 is 62.7 Å². The summed E-state index contributed by atoms with van der Waals surface area (Å²) in [6.45, 7) is 1.66. The Labute approximate surface area is 86.5 Å². The Bertz CT molecular complexity index is 82.1. The summed E-state index contributed by atoms with van der Waals surface area (Å²) in [4.78, 5) is 9.51. The van der Waals surface area contributed by atoms with Gasteiger partial charge in [-0.3, -0.25) is 0 Å². The average molecular weight is 126 g/mol. The molecular formula is C4H7KO2. The van der Waals surface area contributed by atoms with Gasteiger partial charge in [-0.2, -0.15) is 0 Å². The molecule has 0 atom stereocenters. The first-order valence-electron chi connectivity index (χ1n) is 1.63. The average Bonchev–Trinajstić information content (AvgIpc) is 1.35. The van der Waals surface area contributed by atoms with Crippen molar-refractivity contribution in [3.63, 3.8) is 0 Å². The monoisotopic (exact) mass is 126 g/mol. The minimum absolute atomic E-state index is 0. The summed E-state index contributed by atoms with van der Waals surface area (Å²) in [6.07, 6.45) is 2.56. The van der Waals surface area contributed by atoms with E-state index in [1.165, 1.54) is 6.08 Å². The third-order valence-electron chi connectivity index (χ3n) is 0.309. The standard InChI is InChI=1S/C4H6O2.K.H/c1-2-3-4(5)6;;/h2-3H,1H3,(H,5,6);;/q;+1;-1/b3-2+;;. The van der Waals surface area contributed by atoms with Crippen molar-refractivity contribution in [2.24, 2.45) is 0 Å². The van der Waals surface area contributed by atoms with E-state index in [1.807, 2.05) is 0 Å². The Morgan fingerprint density at radius 3 is 2.29 bits per heavy atom. The molecule has 0 aliphatic carbocycles. The molecule has 0 saturated carbocycles. The van der Waals surface area contributed by atoms with Gasteiger partial charge in [-0.25, -0.2) is 4.79 Å². The van der Waals surface area contributed by atoms with Crippen molar-refractivity contribution in [3.8, 4) is 0 Å². The molecule has 0 unspecified atom stereocenters. The normalized spacial score (nSPS) is 8.14. The maximum absolute atomic E-state index is 9.51. The van der Waals surface area contributed by atoms with Crippen LogP contribution in [0.4, 0.5) is 0 Å². The molecular weight excluding hydrogens is 119 g/mol. The van der Waals surface area contributed by atoms with Gasteiger partial charge in [0.2, 0.25) is 0 Å². The van der Waals surface area contributed by atoms with E-state index in [1.54, 1.807) is 6.92 Å². The van der Waals surface area contributed by atoms with Crippen LogP contribution in [0.15, 0.2) is 12.2 Å². The van der Waals surface area contributed by atoms with Gasteiger partial charge < -0.3 is 6.53 Å². The molecule has 0 aromatic heterocycles. The van der Waals surface area contributed by atoms with E-state index >= 15 is 0 Å². The fraction of sp³-hybridized carbons (Fsp3) is 0.250. The van der Waals surface area contributed by atoms with E-state index in [2.05, 4.69) is 0 Å². The third kappa shape index (κ3) is 10.9. The van der Waals surface area contributed by atoms with Crippen molar-refractivity contribution in [2.75, 3.05) is 0 Å². The molecule has 0 rings (SSSR count). The van der Waals surface area contributed by atoms with Gasteiger partial charge >= 0.3 is 57.4 Å². The first kappa shape index (κ1) is 10.8. The topological polar surface area (TPSA) is 37.3 Å². The minimum atomic E-state index is -0.891. The SMILES string of the molecule is C/C=C/C(=O)O.[H-].[K+]. The third-order valence-corrected chi connectivity index (χ3v) is 0.309. The molecule has 7 heavy (non-hydrogen) atoms. The maximum Gasteiger partial charge on any atom is 1.00 e. The smallest absolute Gasteiger partial charge is 1.00 e. The number of hydrogen-bond donors (Lipinski definition) is 1. The molecule has 0 aliphatic heterocycles. The van der Waals surface area contributed by atoms with Gasteiger partial charge in [-0.1, -0.05) is 6.08 Å². The van der Waals surface area contributed by atoms with Gasteiger partial charge in [0.25, 0.3) is 0 Å². The van der Waals surface area contributed by atoms with E-state index in [9.17, 15) is 4.79 Å². The molecule has 0 fully saturated rings. The quantitative estimate of drug-likeness (QED) is 0.319. The number of carboxylic acid groups (broad SMARTS) is 1. The summed E-state index contributed by atoms with van der Waals surface area (Å²) in [6, 6.07) is 0. The van der Waals surface area contributed by atoms with Crippen molar-refractivity contribution in [1.29, 1.82) is 0 Å². The number of carboxylic acids is 1. The van der Waals surface area contributed by atoms with Crippen LogP contribution in [-0.2, 0) is 4.79 Å². The van der Waals surface area contributed by atoms with Gasteiger partial charge in [-0.05, 0) is 6.92 Å². The zero-order valence-electron chi connectivity index (χ0n) is 5.51. The molecule has 3 heteroatoms. The van der Waals surface area contributed by atoms with Crippen molar-refractivity contribution in [2.45, 2.75) is 6.92 Å². The van der Waals surface area contributed by atoms with Gasteiger partial charge in [0, 0.05) is 6.08 Å². The summed E-state index contributed by atoms with van der Waals surface area (Å²) in [5.41, 5.74) is 0. The number of aliphatic carboxylic acids is 1. The molecule has 0 aliphatic rings. The van der Waals surface area contributed by atoms with E-state index in [0.29, 0.717) is 0 Å². The van der Waals surface area contributed by atoms with Crippen LogP contribution in [0.25, 0.3) is 0 Å². The Kier molecular flexibility index (Phi) is 10.5. The Balaban J connectivity index is -0.000000125. The van der Waals surface area contributed by atoms with E-state index in [-0.39, 0.29) is 52.8 Å². The molecule has 0 radical (unpaired) electrons. The van der Waals surface area contributed by atoms with Crippen LogP contribution >= 0.6 is 0 Å². The summed E-state index contributed by atoms with van der Waals surface area (Å²) in [7, 11) is 0. The second-order valence-corrected chi connectivity index (χ2v) is 0.838. The van der Waals surface area contributed by atoms with Crippen LogP contribution in [0.2, 0.25) is 0 Å². The van der Waals surface area contributed by atoms with Crippen molar-refractivity contribution in [3.05, 3.63) is 12.2 Å². The van der Waals surface area contributed by atoms with Crippen molar-refractivity contribution in [1.82, 2.24) is 0 Å². The molecule has 0 amide bonds. The Hall–Kier alpha value is 0.846. The van der Waals surface area contributed by atoms with Crippen LogP contribution in [0.5, 0.6) is 0 Å². The molecule has 36 valence electrons. The predicted octanol–water partition coefficient (Wildman–Crippen LogP) is -2.24. The number of allylic oxidation sites excluding steroid dienone is 1. The summed E-state index contributed by atoms with van der Waals surface area (Å²) < 4.78 is 0. The van der Waals surface area contributed by atoms with Gasteiger partial charge in [0.15, 0.2) is 0 Å². The number of carbonyl (C=O) groups is 1. The molecule has 0 bridgehead atoms. The largest absolute Gasteiger partial charge is 1.00 e. The molecule has 0 saturated heterocycles. The second kappa shape index (κ2) is 6.85. The van der Waals surface area contributed by atoms with Gasteiger partial charge in [0.1, 0.15) is 0 Å². The summed E-state index contributed by atoms with van der Waals surface area (Å²) in [5, 5.41) is 7.83. The van der Waals surface area contributed by atoms with Crippen molar-refractivity contribution >= 4 is 5.97 Å². The molecule has 2 nitrogen and oxygen atoms in total. The molecule has 0 aromatic carbocycles. The zero-order chi connectivity index (χ0) is 4.99.